The van der Waals surface area contributed by atoms with E-state index in [0.29, 0.717) is 13.0 Å². The Labute approximate surface area is 235 Å². The van der Waals surface area contributed by atoms with Crippen molar-refractivity contribution in [1.82, 2.24) is 21.3 Å². The third-order valence-corrected chi connectivity index (χ3v) is 6.00. The average molecular weight is 550 g/mol. The highest BCUT2D eigenvalue weighted by Gasteiger charge is 2.32. The molecule has 10 nitrogen and oxygen atoms in total. The van der Waals surface area contributed by atoms with Crippen molar-refractivity contribution in [2.75, 3.05) is 6.54 Å². The van der Waals surface area contributed by atoms with Gasteiger partial charge in [0.05, 0.1) is 18.6 Å². The minimum absolute atomic E-state index is 0.106. The maximum absolute atomic E-state index is 13.1. The minimum Gasteiger partial charge on any atom is -0.444 e. The van der Waals surface area contributed by atoms with Crippen LogP contribution >= 0.6 is 0 Å². The van der Waals surface area contributed by atoms with Crippen molar-refractivity contribution in [1.29, 1.82) is 0 Å². The molecular weight excluding hydrogens is 500 g/mol. The van der Waals surface area contributed by atoms with E-state index in [-0.39, 0.29) is 30.1 Å². The van der Waals surface area contributed by atoms with Crippen LogP contribution in [0.4, 0.5) is 4.79 Å². The van der Waals surface area contributed by atoms with Gasteiger partial charge in [-0.2, -0.15) is 0 Å². The second kappa shape index (κ2) is 16.0. The van der Waals surface area contributed by atoms with Crippen LogP contribution in [0.1, 0.15) is 75.2 Å². The molecule has 5 radical (unpaired) electrons. The smallest absolute Gasteiger partial charge is 0.408 e. The SMILES string of the molecule is CC(C)C[C@H](NC(=O)[C@@H](NC(=O)OC(C)(C)C)C(C)C)[C@@H](O)CC(=O)N[C@H](C(=O)NC[C]1[CH][CH][CH][CH]1)C(C)C. The molecule has 4 atom stereocenters. The molecule has 1 saturated carbocycles. The fourth-order valence-corrected chi connectivity index (χ4v) is 3.99. The Morgan fingerprint density at radius 2 is 1.38 bits per heavy atom. The lowest BCUT2D eigenvalue weighted by Crippen LogP contribution is -2.56. The van der Waals surface area contributed by atoms with Gasteiger partial charge in [0.1, 0.15) is 17.7 Å². The van der Waals surface area contributed by atoms with Crippen LogP contribution in [-0.2, 0) is 19.1 Å². The van der Waals surface area contributed by atoms with Crippen LogP contribution in [0.25, 0.3) is 0 Å². The molecule has 0 aliphatic heterocycles. The van der Waals surface area contributed by atoms with E-state index in [1.54, 1.807) is 34.6 Å². The molecule has 5 N–H and O–H groups in total. The number of rotatable bonds is 14. The number of aliphatic hydroxyl groups excluding tert-OH is 1. The number of aliphatic hydroxyl groups is 1. The van der Waals surface area contributed by atoms with Crippen molar-refractivity contribution in [3.05, 3.63) is 31.6 Å². The second-order valence-electron chi connectivity index (χ2n) is 12.2. The highest BCUT2D eigenvalue weighted by atomic mass is 16.6. The lowest BCUT2D eigenvalue weighted by atomic mass is 9.95. The largest absolute Gasteiger partial charge is 0.444 e. The number of nitrogens with one attached hydrogen (secondary N) is 4. The number of ether oxygens (including phenoxy) is 1. The minimum atomic E-state index is -1.20. The standard InChI is InChI=1S/C29H49N4O6/c1-17(2)14-21(31-27(37)25(19(5)6)33-28(38)39-29(7,8)9)22(34)15-23(35)32-24(18(3)4)26(36)30-16-20-12-10-11-13-20/h10-13,17-19,21-22,24-25,34H,14-16H2,1-9H3,(H,30,36)(H,31,37)(H,32,35)(H,33,38)/t21-,22-,24-,25-/m0/s1. The molecule has 0 unspecified atom stereocenters. The summed E-state index contributed by atoms with van der Waals surface area (Å²) in [5.41, 5.74) is -0.722. The Morgan fingerprint density at radius 1 is 0.846 bits per heavy atom. The molecule has 0 aromatic rings. The van der Waals surface area contributed by atoms with Crippen LogP contribution in [-0.4, -0.2) is 65.3 Å². The van der Waals surface area contributed by atoms with Crippen molar-refractivity contribution in [2.24, 2.45) is 17.8 Å². The number of alkyl carbamates (subject to hydrolysis) is 1. The van der Waals surface area contributed by atoms with Crippen LogP contribution < -0.4 is 21.3 Å². The zero-order valence-electron chi connectivity index (χ0n) is 25.0. The summed E-state index contributed by atoms with van der Waals surface area (Å²) in [7, 11) is 0. The average Bonchev–Trinajstić information content (AvgIpc) is 3.30. The summed E-state index contributed by atoms with van der Waals surface area (Å²) in [6.45, 7) is 16.7. The summed E-state index contributed by atoms with van der Waals surface area (Å²) >= 11 is 0. The van der Waals surface area contributed by atoms with Crippen LogP contribution in [0, 0.1) is 49.4 Å². The first kappa shape index (κ1) is 34.7. The Hall–Kier alpha value is -2.36. The van der Waals surface area contributed by atoms with Crippen molar-refractivity contribution >= 4 is 23.8 Å². The van der Waals surface area contributed by atoms with Gasteiger partial charge >= 0.3 is 6.09 Å². The van der Waals surface area contributed by atoms with Gasteiger partial charge in [-0.05, 0) is 70.6 Å². The number of carbonyl (C=O) groups is 4. The molecule has 4 amide bonds. The molecule has 0 aromatic carbocycles. The van der Waals surface area contributed by atoms with Gasteiger partial charge < -0.3 is 31.1 Å². The zero-order chi connectivity index (χ0) is 29.9. The van der Waals surface area contributed by atoms with E-state index in [4.69, 9.17) is 4.74 Å². The Kier molecular flexibility index (Phi) is 14.3. The molecule has 0 saturated heterocycles. The number of hydrogen-bond donors (Lipinski definition) is 5. The number of amides is 4. The molecule has 0 heterocycles. The second-order valence-corrected chi connectivity index (χ2v) is 12.2. The van der Waals surface area contributed by atoms with Crippen molar-refractivity contribution in [3.63, 3.8) is 0 Å². The predicted molar refractivity (Wildman–Crippen MR) is 150 cm³/mol. The third-order valence-electron chi connectivity index (χ3n) is 6.00. The summed E-state index contributed by atoms with van der Waals surface area (Å²) in [5.74, 6) is -0.656. The molecule has 39 heavy (non-hydrogen) atoms. The number of hydrogen-bond acceptors (Lipinski definition) is 6. The van der Waals surface area contributed by atoms with E-state index in [2.05, 4.69) is 21.3 Å². The summed E-state index contributed by atoms with van der Waals surface area (Å²) in [6.07, 6.45) is 5.75. The van der Waals surface area contributed by atoms with Crippen LogP contribution in [0.5, 0.6) is 0 Å². The maximum atomic E-state index is 13.1. The summed E-state index contributed by atoms with van der Waals surface area (Å²) in [5, 5.41) is 22.0. The normalized spacial score (nSPS) is 17.5. The molecule has 0 spiro atoms. The van der Waals surface area contributed by atoms with Gasteiger partial charge in [-0.15, -0.1) is 0 Å². The van der Waals surface area contributed by atoms with Gasteiger partial charge in [0.15, 0.2) is 0 Å². The lowest BCUT2D eigenvalue weighted by molar-refractivity contribution is -0.131. The van der Waals surface area contributed by atoms with Crippen molar-refractivity contribution < 1.29 is 29.0 Å². The molecule has 0 aromatic heterocycles. The predicted octanol–water partition coefficient (Wildman–Crippen LogP) is 2.48. The Balaban J connectivity index is 2.82. The van der Waals surface area contributed by atoms with E-state index in [9.17, 15) is 24.3 Å². The Bertz CT molecular complexity index is 802. The molecule has 1 aliphatic carbocycles. The van der Waals surface area contributed by atoms with Gasteiger partial charge in [-0.3, -0.25) is 14.4 Å². The van der Waals surface area contributed by atoms with Gasteiger partial charge in [0.2, 0.25) is 17.7 Å². The number of carbonyl (C=O) groups excluding carboxylic acids is 4. The molecule has 221 valence electrons. The summed E-state index contributed by atoms with van der Waals surface area (Å²) in [6, 6.07) is -2.42. The van der Waals surface area contributed by atoms with Crippen LogP contribution in [0.2, 0.25) is 0 Å². The molecular formula is C29H49N4O6. The topological polar surface area (TPSA) is 146 Å². The lowest BCUT2D eigenvalue weighted by Gasteiger charge is -2.30. The highest BCUT2D eigenvalue weighted by molar-refractivity contribution is 5.88. The van der Waals surface area contributed by atoms with Gasteiger partial charge in [0, 0.05) is 12.5 Å². The van der Waals surface area contributed by atoms with E-state index in [1.165, 1.54) is 0 Å². The highest BCUT2D eigenvalue weighted by Crippen LogP contribution is 2.22. The quantitative estimate of drug-likeness (QED) is 0.225. The molecule has 1 fully saturated rings. The van der Waals surface area contributed by atoms with E-state index >= 15 is 0 Å². The van der Waals surface area contributed by atoms with Crippen LogP contribution in [0.15, 0.2) is 0 Å². The molecule has 1 rings (SSSR count). The van der Waals surface area contributed by atoms with Crippen molar-refractivity contribution in [3.8, 4) is 0 Å². The fourth-order valence-electron chi connectivity index (χ4n) is 3.99. The summed E-state index contributed by atoms with van der Waals surface area (Å²) < 4.78 is 5.29. The summed E-state index contributed by atoms with van der Waals surface area (Å²) in [4.78, 5) is 51.1. The van der Waals surface area contributed by atoms with Crippen LogP contribution in [0.3, 0.4) is 0 Å². The first-order valence-electron chi connectivity index (χ1n) is 13.8. The van der Waals surface area contributed by atoms with Gasteiger partial charge in [-0.25, -0.2) is 4.79 Å². The van der Waals surface area contributed by atoms with E-state index in [1.807, 2.05) is 53.4 Å². The maximum Gasteiger partial charge on any atom is 0.408 e. The van der Waals surface area contributed by atoms with E-state index in [0.717, 1.165) is 5.92 Å². The van der Waals surface area contributed by atoms with Gasteiger partial charge in [-0.1, -0.05) is 41.5 Å². The zero-order valence-corrected chi connectivity index (χ0v) is 25.0. The fraction of sp³-hybridized carbons (Fsp3) is 0.690. The molecule has 0 bridgehead atoms. The first-order chi connectivity index (χ1) is 18.0. The molecule has 1 aliphatic rings. The Morgan fingerprint density at radius 3 is 1.87 bits per heavy atom. The van der Waals surface area contributed by atoms with Crippen molar-refractivity contribution in [2.45, 2.75) is 105 Å². The molecule has 10 heteroatoms. The van der Waals surface area contributed by atoms with Gasteiger partial charge in [0.25, 0.3) is 0 Å². The van der Waals surface area contributed by atoms with E-state index < -0.39 is 47.7 Å². The monoisotopic (exact) mass is 549 g/mol. The first-order valence-corrected chi connectivity index (χ1v) is 13.8. The third kappa shape index (κ3) is 13.5.